The molecule has 1 aliphatic rings. The number of hydrogen-bond donors (Lipinski definition) is 2. The number of fused-ring (bicyclic) bond motifs is 1. The predicted molar refractivity (Wildman–Crippen MR) is 178 cm³/mol. The predicted octanol–water partition coefficient (Wildman–Crippen LogP) is 7.44. The van der Waals surface area contributed by atoms with Gasteiger partial charge in [-0.15, -0.1) is 0 Å². The van der Waals surface area contributed by atoms with Gasteiger partial charge in [-0.2, -0.15) is 0 Å². The number of rotatable bonds is 10. The van der Waals surface area contributed by atoms with Gasteiger partial charge < -0.3 is 29.5 Å². The van der Waals surface area contributed by atoms with Crippen LogP contribution >= 0.6 is 11.6 Å². The summed E-state index contributed by atoms with van der Waals surface area (Å²) in [6.07, 6.45) is -3.24. The number of para-hydroxylation sites is 1. The molecule has 0 bridgehead atoms. The van der Waals surface area contributed by atoms with Crippen molar-refractivity contribution in [1.82, 2.24) is 5.32 Å². The minimum absolute atomic E-state index is 0.102. The quantitative estimate of drug-likeness (QED) is 0.182. The normalized spacial score (nSPS) is 16.2. The molecule has 2 atom stereocenters. The van der Waals surface area contributed by atoms with E-state index in [1.54, 1.807) is 39.0 Å². The van der Waals surface area contributed by atoms with E-state index in [1.165, 1.54) is 4.90 Å². The van der Waals surface area contributed by atoms with Crippen LogP contribution in [0.4, 0.5) is 10.5 Å². The average Bonchev–Trinajstić information content (AvgIpc) is 3.13. The maximum Gasteiger partial charge on any atom is 0.407 e. The first-order valence-electron chi connectivity index (χ1n) is 15.3. The van der Waals surface area contributed by atoms with Crippen molar-refractivity contribution in [1.29, 1.82) is 0 Å². The highest BCUT2D eigenvalue weighted by Gasteiger charge is 2.38. The summed E-state index contributed by atoms with van der Waals surface area (Å²) in [5.74, 6) is -1.08. The second-order valence-corrected chi connectivity index (χ2v) is 12.6. The summed E-state index contributed by atoms with van der Waals surface area (Å²) in [7, 11) is 0. The fourth-order valence-corrected chi connectivity index (χ4v) is 5.50. The molecule has 2 unspecified atom stereocenters. The Kier molecular flexibility index (Phi) is 10.5. The number of halogens is 1. The van der Waals surface area contributed by atoms with Gasteiger partial charge in [-0.1, -0.05) is 84.4 Å². The molecule has 4 aromatic rings. The zero-order valence-corrected chi connectivity index (χ0v) is 27.2. The lowest BCUT2D eigenvalue weighted by Crippen LogP contribution is -2.40. The van der Waals surface area contributed by atoms with E-state index in [0.29, 0.717) is 34.2 Å². The topological polar surface area (TPSA) is 114 Å². The van der Waals surface area contributed by atoms with Crippen LogP contribution in [0.15, 0.2) is 97.1 Å². The average molecular weight is 657 g/mol. The summed E-state index contributed by atoms with van der Waals surface area (Å²) in [5.41, 5.74) is 3.64. The van der Waals surface area contributed by atoms with Crippen LogP contribution < -0.4 is 15.0 Å². The molecular weight excluding hydrogens is 620 g/mol. The highest BCUT2D eigenvalue weighted by Crippen LogP contribution is 2.41. The number of ether oxygens (including phenoxy) is 3. The van der Waals surface area contributed by atoms with E-state index in [9.17, 15) is 19.5 Å². The number of nitrogens with zero attached hydrogens (tertiary/aromatic N) is 1. The fraction of sp³-hybridized carbons (Fsp3) is 0.270. The third-order valence-corrected chi connectivity index (χ3v) is 7.63. The molecule has 9 nitrogen and oxygen atoms in total. The number of carbonyl (C=O) groups is 3. The number of benzene rings is 4. The molecule has 2 amide bonds. The van der Waals surface area contributed by atoms with Crippen LogP contribution in [0.5, 0.6) is 5.75 Å². The lowest BCUT2D eigenvalue weighted by Gasteiger charge is -2.26. The van der Waals surface area contributed by atoms with E-state index in [1.807, 2.05) is 78.9 Å². The highest BCUT2D eigenvalue weighted by molar-refractivity contribution is 6.30. The molecule has 0 aliphatic carbocycles. The van der Waals surface area contributed by atoms with Crippen molar-refractivity contribution in [2.45, 2.75) is 64.7 Å². The molecule has 0 saturated carbocycles. The maximum atomic E-state index is 14.2. The highest BCUT2D eigenvalue weighted by atomic mass is 35.5. The third-order valence-electron chi connectivity index (χ3n) is 7.39. The molecule has 1 aliphatic heterocycles. The Morgan fingerprint density at radius 3 is 2.40 bits per heavy atom. The minimum Gasteiger partial charge on any atom is -0.489 e. The molecule has 244 valence electrons. The van der Waals surface area contributed by atoms with Crippen LogP contribution in [0.3, 0.4) is 0 Å². The van der Waals surface area contributed by atoms with E-state index in [0.717, 1.165) is 16.7 Å². The maximum absolute atomic E-state index is 14.2. The monoisotopic (exact) mass is 656 g/mol. The lowest BCUT2D eigenvalue weighted by molar-refractivity contribution is -0.147. The summed E-state index contributed by atoms with van der Waals surface area (Å²) in [5, 5.41) is 13.0. The Morgan fingerprint density at radius 1 is 0.936 bits per heavy atom. The van der Waals surface area contributed by atoms with Crippen molar-refractivity contribution in [3.63, 3.8) is 0 Å². The molecule has 10 heteroatoms. The summed E-state index contributed by atoms with van der Waals surface area (Å²) in [6.45, 7) is 5.98. The number of aliphatic carboxylic acids is 1. The van der Waals surface area contributed by atoms with Gasteiger partial charge in [-0.25, -0.2) is 4.79 Å². The number of carboxylic acids is 1. The molecule has 4 aromatic carbocycles. The Balaban J connectivity index is 1.49. The summed E-state index contributed by atoms with van der Waals surface area (Å²) in [4.78, 5) is 40.0. The van der Waals surface area contributed by atoms with Crippen molar-refractivity contribution in [2.75, 3.05) is 4.90 Å². The number of anilines is 1. The molecule has 1 heterocycles. The summed E-state index contributed by atoms with van der Waals surface area (Å²) in [6, 6.07) is 29.7. The van der Waals surface area contributed by atoms with Crippen molar-refractivity contribution in [2.24, 2.45) is 0 Å². The second kappa shape index (κ2) is 14.7. The van der Waals surface area contributed by atoms with E-state index >= 15 is 0 Å². The smallest absolute Gasteiger partial charge is 0.407 e. The number of alkyl carbamates (subject to hydrolysis) is 1. The number of amides is 2. The Hall–Kier alpha value is -4.86. The molecule has 0 aromatic heterocycles. The fourth-order valence-electron chi connectivity index (χ4n) is 5.32. The van der Waals surface area contributed by atoms with E-state index in [2.05, 4.69) is 5.32 Å². The molecular formula is C37H37ClN2O7. The Morgan fingerprint density at radius 2 is 1.66 bits per heavy atom. The zero-order valence-electron chi connectivity index (χ0n) is 26.4. The van der Waals surface area contributed by atoms with Gasteiger partial charge in [0.25, 0.3) is 5.91 Å². The standard InChI is InChI=1S/C37H37ClN2O7/c1-37(2,3)47-36(44)39-21-25-12-9-14-26(18-25)34-29-19-28(38)16-17-30(29)40(35(43)32(46-34)20-33(41)42)22-27-13-7-8-15-31(27)45-23-24-10-5-4-6-11-24/h4-19,32,34H,20-23H2,1-3H3,(H,39,44)(H,41,42). The van der Waals surface area contributed by atoms with Crippen molar-refractivity contribution < 1.29 is 33.7 Å². The molecule has 5 rings (SSSR count). The summed E-state index contributed by atoms with van der Waals surface area (Å²) < 4.78 is 17.9. The van der Waals surface area contributed by atoms with Gasteiger partial charge in [0, 0.05) is 22.7 Å². The SMILES string of the molecule is CC(C)(C)OC(=O)NCc1cccc(C2OC(CC(=O)O)C(=O)N(Cc3ccccc3OCc3ccccc3)c3ccc(Cl)cc32)c1. The van der Waals surface area contributed by atoms with Crippen molar-refractivity contribution in [3.05, 3.63) is 130 Å². The van der Waals surface area contributed by atoms with Crippen LogP contribution in [0.2, 0.25) is 5.02 Å². The molecule has 0 fully saturated rings. The Bertz CT molecular complexity index is 1740. The minimum atomic E-state index is -1.30. The number of carboxylic acid groups (broad SMARTS) is 1. The second-order valence-electron chi connectivity index (χ2n) is 12.2. The van der Waals surface area contributed by atoms with Crippen LogP contribution in [0, 0.1) is 0 Å². The number of carbonyl (C=O) groups excluding carboxylic acids is 2. The zero-order chi connectivity index (χ0) is 33.6. The van der Waals surface area contributed by atoms with Gasteiger partial charge >= 0.3 is 12.1 Å². The Labute approximate surface area is 279 Å². The summed E-state index contributed by atoms with van der Waals surface area (Å²) >= 11 is 6.51. The van der Waals surface area contributed by atoms with Gasteiger partial charge in [0.2, 0.25) is 0 Å². The van der Waals surface area contributed by atoms with Crippen LogP contribution in [-0.4, -0.2) is 34.8 Å². The molecule has 0 radical (unpaired) electrons. The largest absolute Gasteiger partial charge is 0.489 e. The molecule has 0 spiro atoms. The molecule has 0 saturated heterocycles. The van der Waals surface area contributed by atoms with E-state index in [-0.39, 0.29) is 13.1 Å². The van der Waals surface area contributed by atoms with Gasteiger partial charge in [-0.05, 0) is 61.7 Å². The van der Waals surface area contributed by atoms with Crippen molar-refractivity contribution >= 4 is 35.3 Å². The first kappa shape index (κ1) is 33.5. The van der Waals surface area contributed by atoms with Crippen LogP contribution in [0.1, 0.15) is 61.1 Å². The van der Waals surface area contributed by atoms with Gasteiger partial charge in [0.1, 0.15) is 30.2 Å². The van der Waals surface area contributed by atoms with Crippen LogP contribution in [0.25, 0.3) is 0 Å². The lowest BCUT2D eigenvalue weighted by atomic mass is 9.97. The first-order chi connectivity index (χ1) is 22.5. The first-order valence-corrected chi connectivity index (χ1v) is 15.6. The van der Waals surface area contributed by atoms with Crippen LogP contribution in [-0.2, 0) is 38.8 Å². The van der Waals surface area contributed by atoms with E-state index in [4.69, 9.17) is 25.8 Å². The van der Waals surface area contributed by atoms with Gasteiger partial charge in [-0.3, -0.25) is 9.59 Å². The van der Waals surface area contributed by atoms with Gasteiger partial charge in [0.05, 0.1) is 18.7 Å². The number of hydrogen-bond acceptors (Lipinski definition) is 6. The van der Waals surface area contributed by atoms with E-state index < -0.39 is 42.2 Å². The molecule has 47 heavy (non-hydrogen) atoms. The number of nitrogens with one attached hydrogen (secondary N) is 1. The van der Waals surface area contributed by atoms with Crippen molar-refractivity contribution in [3.8, 4) is 5.75 Å². The third kappa shape index (κ3) is 8.90. The van der Waals surface area contributed by atoms with Gasteiger partial charge in [0.15, 0.2) is 0 Å². The molecule has 2 N–H and O–H groups in total.